The second-order valence-electron chi connectivity index (χ2n) is 3.96. The SMILES string of the molecule is Cc1cc(F)c(NCc2nccn2C(F)F)cc1F. The van der Waals surface area contributed by atoms with E-state index in [1.54, 1.807) is 0 Å². The molecule has 0 amide bonds. The van der Waals surface area contributed by atoms with Gasteiger partial charge in [-0.2, -0.15) is 8.78 Å². The molecule has 1 heterocycles. The van der Waals surface area contributed by atoms with Crippen LogP contribution in [-0.2, 0) is 6.54 Å². The monoisotopic (exact) mass is 273 g/mol. The van der Waals surface area contributed by atoms with Gasteiger partial charge in [-0.25, -0.2) is 13.8 Å². The Morgan fingerprint density at radius 2 is 2.00 bits per heavy atom. The maximum atomic E-state index is 13.5. The van der Waals surface area contributed by atoms with Gasteiger partial charge >= 0.3 is 6.55 Å². The first-order valence-corrected chi connectivity index (χ1v) is 5.48. The minimum absolute atomic E-state index is 0.0374. The van der Waals surface area contributed by atoms with Crippen LogP contribution in [0.2, 0.25) is 0 Å². The first-order valence-electron chi connectivity index (χ1n) is 5.48. The van der Waals surface area contributed by atoms with E-state index < -0.39 is 18.2 Å². The van der Waals surface area contributed by atoms with Crippen LogP contribution in [0.25, 0.3) is 0 Å². The van der Waals surface area contributed by atoms with Crippen LogP contribution in [0.15, 0.2) is 24.5 Å². The van der Waals surface area contributed by atoms with Crippen molar-refractivity contribution in [3.8, 4) is 0 Å². The number of alkyl halides is 2. The van der Waals surface area contributed by atoms with Gasteiger partial charge in [0.15, 0.2) is 0 Å². The zero-order chi connectivity index (χ0) is 14.0. The Kier molecular flexibility index (Phi) is 3.73. The fraction of sp³-hybridized carbons (Fsp3) is 0.250. The second kappa shape index (κ2) is 5.29. The van der Waals surface area contributed by atoms with Gasteiger partial charge in [-0.15, -0.1) is 0 Å². The van der Waals surface area contributed by atoms with Crippen LogP contribution in [0.1, 0.15) is 17.9 Å². The molecule has 1 aromatic heterocycles. The molecule has 2 rings (SSSR count). The van der Waals surface area contributed by atoms with Crippen LogP contribution in [0.4, 0.5) is 23.2 Å². The minimum Gasteiger partial charge on any atom is -0.375 e. The molecule has 3 nitrogen and oxygen atoms in total. The van der Waals surface area contributed by atoms with E-state index in [4.69, 9.17) is 0 Å². The Bertz CT molecular complexity index is 580. The predicted molar refractivity (Wildman–Crippen MR) is 61.9 cm³/mol. The standard InChI is InChI=1S/C12H11F4N3/c1-7-4-9(14)10(5-8(7)13)18-6-11-17-2-3-19(11)12(15)16/h2-5,12,18H,6H2,1H3. The number of imidazole rings is 1. The van der Waals surface area contributed by atoms with Crippen molar-refractivity contribution in [3.05, 3.63) is 47.5 Å². The smallest absolute Gasteiger partial charge is 0.319 e. The van der Waals surface area contributed by atoms with Gasteiger partial charge in [-0.1, -0.05) is 0 Å². The zero-order valence-electron chi connectivity index (χ0n) is 10.0. The molecule has 0 aliphatic carbocycles. The fourth-order valence-electron chi connectivity index (χ4n) is 1.61. The van der Waals surface area contributed by atoms with Crippen molar-refractivity contribution in [2.75, 3.05) is 5.32 Å². The summed E-state index contributed by atoms with van der Waals surface area (Å²) in [6.07, 6.45) is 2.34. The van der Waals surface area contributed by atoms with E-state index in [2.05, 4.69) is 10.3 Å². The molecule has 1 N–H and O–H groups in total. The highest BCUT2D eigenvalue weighted by Crippen LogP contribution is 2.20. The van der Waals surface area contributed by atoms with Gasteiger partial charge in [-0.3, -0.25) is 4.57 Å². The van der Waals surface area contributed by atoms with Crippen LogP contribution < -0.4 is 5.32 Å². The Hall–Kier alpha value is -2.05. The van der Waals surface area contributed by atoms with Crippen LogP contribution in [0.3, 0.4) is 0 Å². The lowest BCUT2D eigenvalue weighted by Gasteiger charge is -2.10. The molecule has 0 atom stereocenters. The molecule has 0 fully saturated rings. The lowest BCUT2D eigenvalue weighted by atomic mass is 10.2. The predicted octanol–water partition coefficient (Wildman–Crippen LogP) is 3.48. The third-order valence-corrected chi connectivity index (χ3v) is 2.64. The average molecular weight is 273 g/mol. The fourth-order valence-corrected chi connectivity index (χ4v) is 1.61. The maximum Gasteiger partial charge on any atom is 0.319 e. The lowest BCUT2D eigenvalue weighted by Crippen LogP contribution is -2.10. The number of hydrogen-bond acceptors (Lipinski definition) is 2. The van der Waals surface area contributed by atoms with Gasteiger partial charge in [0, 0.05) is 18.5 Å². The topological polar surface area (TPSA) is 29.9 Å². The van der Waals surface area contributed by atoms with Crippen molar-refractivity contribution in [1.82, 2.24) is 9.55 Å². The van der Waals surface area contributed by atoms with Gasteiger partial charge in [0.05, 0.1) is 12.2 Å². The quantitative estimate of drug-likeness (QED) is 0.864. The van der Waals surface area contributed by atoms with Crippen molar-refractivity contribution in [1.29, 1.82) is 0 Å². The van der Waals surface area contributed by atoms with Crippen molar-refractivity contribution in [2.24, 2.45) is 0 Å². The molecular formula is C12H11F4N3. The third-order valence-electron chi connectivity index (χ3n) is 2.64. The van der Waals surface area contributed by atoms with Crippen LogP contribution in [-0.4, -0.2) is 9.55 Å². The van der Waals surface area contributed by atoms with Gasteiger partial charge in [0.1, 0.15) is 17.5 Å². The number of halogens is 4. The molecule has 0 unspecified atom stereocenters. The minimum atomic E-state index is -2.72. The van der Waals surface area contributed by atoms with Crippen molar-refractivity contribution in [3.63, 3.8) is 0 Å². The Morgan fingerprint density at radius 1 is 1.26 bits per heavy atom. The molecule has 0 aliphatic heterocycles. The lowest BCUT2D eigenvalue weighted by molar-refractivity contribution is 0.0673. The molecule has 1 aromatic carbocycles. The van der Waals surface area contributed by atoms with Gasteiger partial charge in [0.2, 0.25) is 0 Å². The number of anilines is 1. The molecule has 0 saturated carbocycles. The molecule has 0 bridgehead atoms. The highest BCUT2D eigenvalue weighted by molar-refractivity contribution is 5.46. The van der Waals surface area contributed by atoms with E-state index in [1.165, 1.54) is 13.1 Å². The van der Waals surface area contributed by atoms with Crippen molar-refractivity contribution < 1.29 is 17.6 Å². The summed E-state index contributed by atoms with van der Waals surface area (Å²) in [6, 6.07) is 2.03. The van der Waals surface area contributed by atoms with Crippen LogP contribution in [0.5, 0.6) is 0 Å². The zero-order valence-corrected chi connectivity index (χ0v) is 10.0. The maximum absolute atomic E-state index is 13.5. The number of aryl methyl sites for hydroxylation is 1. The Morgan fingerprint density at radius 3 is 2.68 bits per heavy atom. The van der Waals surface area contributed by atoms with Crippen LogP contribution >= 0.6 is 0 Å². The Balaban J connectivity index is 2.15. The molecule has 7 heteroatoms. The summed E-state index contributed by atoms with van der Waals surface area (Å²) in [4.78, 5) is 3.73. The molecular weight excluding hydrogens is 262 g/mol. The van der Waals surface area contributed by atoms with Gasteiger partial charge in [0.25, 0.3) is 0 Å². The van der Waals surface area contributed by atoms with E-state index in [0.29, 0.717) is 4.57 Å². The number of nitrogens with zero attached hydrogens (tertiary/aromatic N) is 2. The summed E-state index contributed by atoms with van der Waals surface area (Å²) in [6.45, 7) is -1.42. The van der Waals surface area contributed by atoms with E-state index in [1.807, 2.05) is 0 Å². The first-order chi connectivity index (χ1) is 8.99. The summed E-state index contributed by atoms with van der Waals surface area (Å²) in [5.41, 5.74) is 0.0871. The van der Waals surface area contributed by atoms with E-state index in [-0.39, 0.29) is 23.6 Å². The number of aromatic nitrogens is 2. The number of nitrogens with one attached hydrogen (secondary N) is 1. The summed E-state index contributed by atoms with van der Waals surface area (Å²) >= 11 is 0. The van der Waals surface area contributed by atoms with Crippen molar-refractivity contribution in [2.45, 2.75) is 20.0 Å². The van der Waals surface area contributed by atoms with Gasteiger partial charge < -0.3 is 5.32 Å². The molecule has 0 spiro atoms. The van der Waals surface area contributed by atoms with Crippen molar-refractivity contribution >= 4 is 5.69 Å². The molecule has 102 valence electrons. The first kappa shape index (κ1) is 13.4. The van der Waals surface area contributed by atoms with E-state index in [0.717, 1.165) is 18.3 Å². The van der Waals surface area contributed by atoms with Crippen LogP contribution in [0, 0.1) is 18.6 Å². The highest BCUT2D eigenvalue weighted by Gasteiger charge is 2.12. The molecule has 2 aromatic rings. The van der Waals surface area contributed by atoms with E-state index in [9.17, 15) is 17.6 Å². The molecule has 0 radical (unpaired) electrons. The number of hydrogen-bond donors (Lipinski definition) is 1. The van der Waals surface area contributed by atoms with Gasteiger partial charge in [-0.05, 0) is 18.6 Å². The number of benzene rings is 1. The second-order valence-corrected chi connectivity index (χ2v) is 3.96. The molecule has 0 aliphatic rings. The Labute approximate surface area is 106 Å². The molecule has 19 heavy (non-hydrogen) atoms. The third kappa shape index (κ3) is 2.86. The average Bonchev–Trinajstić information content (AvgIpc) is 2.80. The summed E-state index contributed by atoms with van der Waals surface area (Å²) in [5, 5.41) is 2.55. The number of rotatable bonds is 4. The highest BCUT2D eigenvalue weighted by atomic mass is 19.3. The summed E-state index contributed by atoms with van der Waals surface area (Å²) < 4.78 is 52.5. The summed E-state index contributed by atoms with van der Waals surface area (Å²) in [7, 11) is 0. The largest absolute Gasteiger partial charge is 0.375 e. The normalized spacial score (nSPS) is 11.1. The van der Waals surface area contributed by atoms with E-state index >= 15 is 0 Å². The summed E-state index contributed by atoms with van der Waals surface area (Å²) in [5.74, 6) is -1.18. The molecule has 0 saturated heterocycles.